The van der Waals surface area contributed by atoms with Crippen LogP contribution in [0.25, 0.3) is 48.2 Å². The lowest BCUT2D eigenvalue weighted by Crippen LogP contribution is -1.98. The quantitative estimate of drug-likeness (QED) is 0.432. The zero-order valence-electron chi connectivity index (χ0n) is 14.5. The molecule has 0 spiro atoms. The first-order chi connectivity index (χ1) is 13.8. The number of nitriles is 1. The van der Waals surface area contributed by atoms with Crippen molar-refractivity contribution in [2.75, 3.05) is 5.73 Å². The standard InChI is InChI=1S/C21H12N6S/c22-10-12-15(11-6-2-1-3-7-11)18-17(25-19(12)23)16-20-24-13-8-4-5-9-14(13)27(20)26-21(16)28-18/h1-9,26H,(H2,23,25). The van der Waals surface area contributed by atoms with Gasteiger partial charge in [0, 0.05) is 5.56 Å². The van der Waals surface area contributed by atoms with Crippen LogP contribution in [0.1, 0.15) is 5.56 Å². The monoisotopic (exact) mass is 380 g/mol. The van der Waals surface area contributed by atoms with Crippen molar-refractivity contribution in [3.8, 4) is 17.2 Å². The first-order valence-corrected chi connectivity index (χ1v) is 9.54. The lowest BCUT2D eigenvalue weighted by Gasteiger charge is -2.08. The lowest BCUT2D eigenvalue weighted by molar-refractivity contribution is 1.04. The number of hydrogen-bond donors (Lipinski definition) is 2. The van der Waals surface area contributed by atoms with Gasteiger partial charge in [-0.05, 0) is 17.7 Å². The number of benzene rings is 2. The molecular formula is C21H12N6S. The van der Waals surface area contributed by atoms with Gasteiger partial charge in [-0.25, -0.2) is 14.5 Å². The molecule has 6 rings (SSSR count). The number of anilines is 1. The Kier molecular flexibility index (Phi) is 2.88. The molecule has 0 radical (unpaired) electrons. The molecule has 2 aromatic carbocycles. The van der Waals surface area contributed by atoms with Gasteiger partial charge in [-0.3, -0.25) is 5.10 Å². The minimum absolute atomic E-state index is 0.240. The summed E-state index contributed by atoms with van der Waals surface area (Å²) in [4.78, 5) is 10.4. The van der Waals surface area contributed by atoms with Gasteiger partial charge >= 0.3 is 0 Å². The van der Waals surface area contributed by atoms with Crippen LogP contribution >= 0.6 is 11.3 Å². The van der Waals surface area contributed by atoms with Crippen LogP contribution in [0.5, 0.6) is 0 Å². The SMILES string of the molecule is N#Cc1c(N)nc2c(sc3[nH]n4c5ccccc5nc4c32)c1-c1ccccc1. The Morgan fingerprint density at radius 3 is 2.64 bits per heavy atom. The zero-order valence-corrected chi connectivity index (χ0v) is 15.3. The third kappa shape index (κ3) is 1.84. The topological polar surface area (TPSA) is 95.8 Å². The fourth-order valence-electron chi connectivity index (χ4n) is 3.80. The fourth-order valence-corrected chi connectivity index (χ4v) is 5.00. The minimum Gasteiger partial charge on any atom is -0.383 e. The Bertz CT molecular complexity index is 1580. The van der Waals surface area contributed by atoms with Gasteiger partial charge in [0.1, 0.15) is 22.3 Å². The highest BCUT2D eigenvalue weighted by Crippen LogP contribution is 2.43. The Labute approximate surface area is 162 Å². The first-order valence-electron chi connectivity index (χ1n) is 8.72. The second-order valence-corrected chi connectivity index (χ2v) is 7.60. The van der Waals surface area contributed by atoms with Crippen LogP contribution in [-0.4, -0.2) is 19.6 Å². The largest absolute Gasteiger partial charge is 0.383 e. The molecule has 0 saturated carbocycles. The number of thiophene rings is 1. The molecule has 6 nitrogen and oxygen atoms in total. The molecule has 3 N–H and O–H groups in total. The number of pyridine rings is 1. The van der Waals surface area contributed by atoms with Crippen molar-refractivity contribution in [1.29, 1.82) is 5.26 Å². The highest BCUT2D eigenvalue weighted by atomic mass is 32.1. The molecule has 0 fully saturated rings. The molecule has 0 amide bonds. The Morgan fingerprint density at radius 2 is 1.82 bits per heavy atom. The van der Waals surface area contributed by atoms with Crippen LogP contribution < -0.4 is 5.73 Å². The van der Waals surface area contributed by atoms with Crippen molar-refractivity contribution in [3.05, 3.63) is 60.2 Å². The Hall–Kier alpha value is -3.89. The maximum atomic E-state index is 9.72. The van der Waals surface area contributed by atoms with Crippen LogP contribution in [-0.2, 0) is 0 Å². The summed E-state index contributed by atoms with van der Waals surface area (Å²) in [7, 11) is 0. The average molecular weight is 380 g/mol. The van der Waals surface area contributed by atoms with Gasteiger partial charge < -0.3 is 5.73 Å². The minimum atomic E-state index is 0.240. The number of nitrogens with one attached hydrogen (secondary N) is 1. The molecule has 0 aliphatic carbocycles. The number of hydrogen-bond acceptors (Lipinski definition) is 5. The predicted octanol–water partition coefficient (Wildman–Crippen LogP) is 4.70. The number of para-hydroxylation sites is 2. The van der Waals surface area contributed by atoms with Crippen LogP contribution in [0.2, 0.25) is 0 Å². The van der Waals surface area contributed by atoms with E-state index in [1.807, 2.05) is 59.1 Å². The normalized spacial score (nSPS) is 11.7. The van der Waals surface area contributed by atoms with Gasteiger partial charge in [-0.2, -0.15) is 5.26 Å². The van der Waals surface area contributed by atoms with E-state index in [1.165, 1.54) is 0 Å². The molecule has 0 saturated heterocycles. The Balaban J connectivity index is 1.82. The lowest BCUT2D eigenvalue weighted by atomic mass is 10.0. The molecule has 6 aromatic rings. The van der Waals surface area contributed by atoms with Crippen molar-refractivity contribution >= 4 is 54.3 Å². The van der Waals surface area contributed by atoms with Crippen molar-refractivity contribution < 1.29 is 0 Å². The maximum Gasteiger partial charge on any atom is 0.165 e. The molecule has 0 unspecified atom stereocenters. The fraction of sp³-hybridized carbons (Fsp3) is 0. The number of rotatable bonds is 1. The highest BCUT2D eigenvalue weighted by molar-refractivity contribution is 7.26. The van der Waals surface area contributed by atoms with Crippen molar-refractivity contribution in [2.24, 2.45) is 0 Å². The summed E-state index contributed by atoms with van der Waals surface area (Å²) in [5, 5.41) is 14.1. The second kappa shape index (κ2) is 5.31. The number of H-pyrrole nitrogens is 1. The second-order valence-electron chi connectivity index (χ2n) is 6.58. The van der Waals surface area contributed by atoms with Gasteiger partial charge in [0.05, 0.1) is 26.6 Å². The number of fused-ring (bicyclic) bond motifs is 7. The van der Waals surface area contributed by atoms with Gasteiger partial charge in [-0.15, -0.1) is 11.3 Å². The number of imidazole rings is 1. The van der Waals surface area contributed by atoms with Crippen molar-refractivity contribution in [2.45, 2.75) is 0 Å². The van der Waals surface area contributed by atoms with Gasteiger partial charge in [0.2, 0.25) is 0 Å². The van der Waals surface area contributed by atoms with E-state index < -0.39 is 0 Å². The van der Waals surface area contributed by atoms with Crippen molar-refractivity contribution in [3.63, 3.8) is 0 Å². The van der Waals surface area contributed by atoms with E-state index in [9.17, 15) is 5.26 Å². The molecule has 0 bridgehead atoms. The van der Waals surface area contributed by atoms with E-state index in [0.717, 1.165) is 48.2 Å². The summed E-state index contributed by atoms with van der Waals surface area (Å²) in [6, 6.07) is 20.1. The van der Waals surface area contributed by atoms with Crippen LogP contribution in [0, 0.1) is 11.3 Å². The summed E-state index contributed by atoms with van der Waals surface area (Å²) in [5.41, 5.74) is 11.9. The van der Waals surface area contributed by atoms with Crippen molar-refractivity contribution in [1.82, 2.24) is 19.6 Å². The molecular weight excluding hydrogens is 368 g/mol. The molecule has 7 heteroatoms. The number of nitrogen functional groups attached to an aromatic ring is 1. The van der Waals surface area contributed by atoms with E-state index >= 15 is 0 Å². The summed E-state index contributed by atoms with van der Waals surface area (Å²) < 4.78 is 2.92. The van der Waals surface area contributed by atoms with E-state index in [-0.39, 0.29) is 5.82 Å². The summed E-state index contributed by atoms with van der Waals surface area (Å²) in [6.07, 6.45) is 0. The van der Waals surface area contributed by atoms with Crippen LogP contribution in [0.15, 0.2) is 54.6 Å². The summed E-state index contributed by atoms with van der Waals surface area (Å²) >= 11 is 1.57. The van der Waals surface area contributed by atoms with E-state index in [2.05, 4.69) is 16.2 Å². The molecule has 4 heterocycles. The number of aromatic nitrogens is 4. The molecule has 4 aromatic heterocycles. The number of nitrogens with zero attached hydrogens (tertiary/aromatic N) is 4. The predicted molar refractivity (Wildman–Crippen MR) is 112 cm³/mol. The molecule has 0 aliphatic heterocycles. The van der Waals surface area contributed by atoms with Gasteiger partial charge in [0.25, 0.3) is 0 Å². The number of nitrogens with two attached hydrogens (primary N) is 1. The van der Waals surface area contributed by atoms with E-state index in [4.69, 9.17) is 10.7 Å². The van der Waals surface area contributed by atoms with E-state index in [0.29, 0.717) is 5.56 Å². The summed E-state index contributed by atoms with van der Waals surface area (Å²) in [6.45, 7) is 0. The Morgan fingerprint density at radius 1 is 1.04 bits per heavy atom. The maximum absolute atomic E-state index is 9.72. The average Bonchev–Trinajstić information content (AvgIpc) is 3.35. The van der Waals surface area contributed by atoms with Crippen LogP contribution in [0.3, 0.4) is 0 Å². The van der Waals surface area contributed by atoms with Crippen LogP contribution in [0.4, 0.5) is 5.82 Å². The molecule has 28 heavy (non-hydrogen) atoms. The van der Waals surface area contributed by atoms with Gasteiger partial charge in [0.15, 0.2) is 5.65 Å². The zero-order chi connectivity index (χ0) is 18.8. The molecule has 132 valence electrons. The summed E-state index contributed by atoms with van der Waals surface area (Å²) in [5.74, 6) is 0.240. The molecule has 0 aliphatic rings. The highest BCUT2D eigenvalue weighted by Gasteiger charge is 2.22. The van der Waals surface area contributed by atoms with E-state index in [1.54, 1.807) is 11.3 Å². The third-order valence-corrected chi connectivity index (χ3v) is 6.12. The third-order valence-electron chi connectivity index (χ3n) is 5.02. The van der Waals surface area contributed by atoms with Gasteiger partial charge in [-0.1, -0.05) is 42.5 Å². The molecule has 0 atom stereocenters. The first kappa shape index (κ1) is 15.2. The smallest absolute Gasteiger partial charge is 0.165 e. The number of aromatic amines is 1.